The fraction of sp³-hybridized carbons (Fsp3) is 0.0909. The Bertz CT molecular complexity index is 443. The van der Waals surface area contributed by atoms with Crippen LogP contribution in [-0.2, 0) is 4.79 Å². The van der Waals surface area contributed by atoms with Crippen molar-refractivity contribution in [3.8, 4) is 11.9 Å². The van der Waals surface area contributed by atoms with Crippen molar-refractivity contribution in [1.29, 1.82) is 5.26 Å². The maximum absolute atomic E-state index is 11.0. The summed E-state index contributed by atoms with van der Waals surface area (Å²) in [7, 11) is 1.53. The number of hydrogen-bond acceptors (Lipinski definition) is 4. The second kappa shape index (κ2) is 5.41. The van der Waals surface area contributed by atoms with E-state index in [0.29, 0.717) is 11.3 Å². The minimum Gasteiger partial charge on any atom is -0.507 e. The number of nitriles is 1. The van der Waals surface area contributed by atoms with Crippen LogP contribution >= 0.6 is 0 Å². The summed E-state index contributed by atoms with van der Waals surface area (Å²) in [6.07, 6.45) is 2.40. The van der Waals surface area contributed by atoms with Crippen LogP contribution in [0.3, 0.4) is 0 Å². The molecule has 5 nitrogen and oxygen atoms in total. The molecular weight excluding hydrogens is 208 g/mol. The molecule has 0 heterocycles. The van der Waals surface area contributed by atoms with Gasteiger partial charge in [0.25, 0.3) is 5.91 Å². The Morgan fingerprint density at radius 3 is 2.62 bits per heavy atom. The number of aliphatic hydroxyl groups is 1. The molecule has 0 unspecified atom stereocenters. The van der Waals surface area contributed by atoms with Crippen LogP contribution in [0.25, 0.3) is 5.76 Å². The van der Waals surface area contributed by atoms with Crippen LogP contribution in [0, 0.1) is 11.5 Å². The Morgan fingerprint density at radius 1 is 1.50 bits per heavy atom. The molecule has 0 fully saturated rings. The smallest absolute Gasteiger partial charge is 0.260 e. The Balaban J connectivity index is 2.84. The molecule has 0 spiro atoms. The van der Waals surface area contributed by atoms with Crippen molar-refractivity contribution in [3.63, 3.8) is 0 Å². The van der Waals surface area contributed by atoms with E-state index in [2.05, 4.69) is 0 Å². The summed E-state index contributed by atoms with van der Waals surface area (Å²) in [5.41, 5.74) is 0.467. The lowest BCUT2D eigenvalue weighted by Gasteiger charge is -2.02. The molecule has 16 heavy (non-hydrogen) atoms. The third kappa shape index (κ3) is 3.03. The van der Waals surface area contributed by atoms with Gasteiger partial charge in [0.15, 0.2) is 6.19 Å². The van der Waals surface area contributed by atoms with Crippen LogP contribution in [0.15, 0.2) is 30.3 Å². The summed E-state index contributed by atoms with van der Waals surface area (Å²) >= 11 is 0. The molecule has 0 aliphatic carbocycles. The van der Waals surface area contributed by atoms with Gasteiger partial charge in [-0.2, -0.15) is 5.26 Å². The Kier molecular flexibility index (Phi) is 3.92. The van der Waals surface area contributed by atoms with Crippen molar-refractivity contribution in [3.05, 3.63) is 35.9 Å². The van der Waals surface area contributed by atoms with Gasteiger partial charge in [-0.15, -0.1) is 0 Å². The molecular formula is C11H10N2O3. The highest BCUT2D eigenvalue weighted by atomic mass is 16.5. The van der Waals surface area contributed by atoms with Crippen molar-refractivity contribution in [1.82, 2.24) is 5.32 Å². The van der Waals surface area contributed by atoms with Crippen LogP contribution in [0.1, 0.15) is 5.56 Å². The van der Waals surface area contributed by atoms with Gasteiger partial charge in [0, 0.05) is 11.6 Å². The van der Waals surface area contributed by atoms with E-state index in [1.54, 1.807) is 24.3 Å². The van der Waals surface area contributed by atoms with E-state index in [4.69, 9.17) is 10.00 Å². The van der Waals surface area contributed by atoms with Crippen LogP contribution in [-0.4, -0.2) is 18.1 Å². The molecule has 1 rings (SSSR count). The molecule has 0 aromatic heterocycles. The number of carbonyl (C=O) groups excluding carboxylic acids is 1. The first-order valence-corrected chi connectivity index (χ1v) is 4.41. The third-order valence-corrected chi connectivity index (χ3v) is 1.83. The quantitative estimate of drug-likeness (QED) is 0.345. The van der Waals surface area contributed by atoms with Gasteiger partial charge < -0.3 is 9.84 Å². The van der Waals surface area contributed by atoms with Gasteiger partial charge in [-0.1, -0.05) is 0 Å². The van der Waals surface area contributed by atoms with E-state index < -0.39 is 5.91 Å². The maximum atomic E-state index is 11.0. The third-order valence-electron chi connectivity index (χ3n) is 1.83. The van der Waals surface area contributed by atoms with Gasteiger partial charge in [-0.05, 0) is 24.3 Å². The van der Waals surface area contributed by atoms with Gasteiger partial charge in [-0.25, -0.2) is 0 Å². The van der Waals surface area contributed by atoms with Gasteiger partial charge in [0.2, 0.25) is 0 Å². The van der Waals surface area contributed by atoms with Crippen molar-refractivity contribution < 1.29 is 14.6 Å². The normalized spacial score (nSPS) is 10.4. The van der Waals surface area contributed by atoms with E-state index >= 15 is 0 Å². The molecule has 0 saturated heterocycles. The summed E-state index contributed by atoms with van der Waals surface area (Å²) in [4.78, 5) is 11.0. The Labute approximate surface area is 92.6 Å². The van der Waals surface area contributed by atoms with E-state index in [0.717, 1.165) is 6.08 Å². The molecule has 0 aliphatic rings. The summed E-state index contributed by atoms with van der Waals surface area (Å²) in [6, 6.07) is 6.51. The maximum Gasteiger partial charge on any atom is 0.260 e. The molecule has 5 heteroatoms. The number of aliphatic hydroxyl groups excluding tert-OH is 1. The first-order chi connectivity index (χ1) is 7.67. The summed E-state index contributed by atoms with van der Waals surface area (Å²) in [5, 5.41) is 19.6. The lowest BCUT2D eigenvalue weighted by molar-refractivity contribution is -0.115. The minimum absolute atomic E-state index is 0.213. The number of ether oxygens (including phenoxy) is 1. The van der Waals surface area contributed by atoms with E-state index in [1.807, 2.05) is 5.32 Å². The van der Waals surface area contributed by atoms with Crippen molar-refractivity contribution in [2.45, 2.75) is 0 Å². The van der Waals surface area contributed by atoms with Gasteiger partial charge >= 0.3 is 0 Å². The molecule has 2 N–H and O–H groups in total. The number of amides is 1. The predicted molar refractivity (Wildman–Crippen MR) is 57.4 cm³/mol. The highest BCUT2D eigenvalue weighted by Gasteiger charge is 2.02. The summed E-state index contributed by atoms with van der Waals surface area (Å²) in [6.45, 7) is 0. The number of hydrogen-bond donors (Lipinski definition) is 2. The summed E-state index contributed by atoms with van der Waals surface area (Å²) in [5.74, 6) is -0.232. The lowest BCUT2D eigenvalue weighted by Crippen LogP contribution is -2.14. The lowest BCUT2D eigenvalue weighted by atomic mass is 10.1. The number of nitrogens with one attached hydrogen (secondary N) is 1. The van der Waals surface area contributed by atoms with Crippen LogP contribution < -0.4 is 10.1 Å². The topological polar surface area (TPSA) is 82.3 Å². The highest BCUT2D eigenvalue weighted by molar-refractivity contribution is 5.94. The minimum atomic E-state index is -0.671. The van der Waals surface area contributed by atoms with Crippen molar-refractivity contribution >= 4 is 11.7 Å². The number of carbonyl (C=O) groups is 1. The molecule has 0 aliphatic heterocycles. The van der Waals surface area contributed by atoms with Crippen LogP contribution in [0.4, 0.5) is 0 Å². The second-order valence-electron chi connectivity index (χ2n) is 2.86. The molecule has 0 bridgehead atoms. The number of methoxy groups -OCH3 is 1. The first kappa shape index (κ1) is 11.6. The standard InChI is InChI=1S/C11H10N2O3/c1-16-9-4-2-8(3-5-9)10(14)6-11(15)13-7-12/h2-6,14H,1H3,(H,13,15). The molecule has 0 radical (unpaired) electrons. The van der Waals surface area contributed by atoms with Gasteiger partial charge in [0.05, 0.1) is 7.11 Å². The van der Waals surface area contributed by atoms with Gasteiger partial charge in [0.1, 0.15) is 11.5 Å². The average molecular weight is 218 g/mol. The Morgan fingerprint density at radius 2 is 2.12 bits per heavy atom. The van der Waals surface area contributed by atoms with E-state index in [9.17, 15) is 9.90 Å². The van der Waals surface area contributed by atoms with Gasteiger partial charge in [-0.3, -0.25) is 10.1 Å². The number of rotatable bonds is 3. The highest BCUT2D eigenvalue weighted by Crippen LogP contribution is 2.16. The molecule has 0 saturated carbocycles. The van der Waals surface area contributed by atoms with E-state index in [-0.39, 0.29) is 5.76 Å². The fourth-order valence-corrected chi connectivity index (χ4v) is 1.06. The molecule has 0 atom stereocenters. The molecule has 82 valence electrons. The zero-order valence-electron chi connectivity index (χ0n) is 8.60. The molecule has 1 aromatic carbocycles. The van der Waals surface area contributed by atoms with Crippen molar-refractivity contribution in [2.75, 3.05) is 7.11 Å². The molecule has 1 amide bonds. The van der Waals surface area contributed by atoms with E-state index in [1.165, 1.54) is 13.3 Å². The average Bonchev–Trinajstić information content (AvgIpc) is 2.29. The largest absolute Gasteiger partial charge is 0.507 e. The molecule has 1 aromatic rings. The Hall–Kier alpha value is -2.48. The SMILES string of the molecule is COc1ccc(C(O)=CC(=O)NC#N)cc1. The van der Waals surface area contributed by atoms with Crippen LogP contribution in [0.2, 0.25) is 0 Å². The van der Waals surface area contributed by atoms with Crippen LogP contribution in [0.5, 0.6) is 5.75 Å². The monoisotopic (exact) mass is 218 g/mol. The predicted octanol–water partition coefficient (Wildman–Crippen LogP) is 1.19. The zero-order chi connectivity index (χ0) is 12.0. The fourth-order valence-electron chi connectivity index (χ4n) is 1.06. The number of nitrogens with zero attached hydrogens (tertiary/aromatic N) is 1. The first-order valence-electron chi connectivity index (χ1n) is 4.41. The zero-order valence-corrected chi connectivity index (χ0v) is 8.60. The van der Waals surface area contributed by atoms with Crippen molar-refractivity contribution in [2.24, 2.45) is 0 Å². The summed E-state index contributed by atoms with van der Waals surface area (Å²) < 4.78 is 4.95. The second-order valence-corrected chi connectivity index (χ2v) is 2.86. The number of benzene rings is 1.